The number of rotatable bonds is 4. The summed E-state index contributed by atoms with van der Waals surface area (Å²) in [7, 11) is 0. The summed E-state index contributed by atoms with van der Waals surface area (Å²) in [5.74, 6) is -1.59. The number of nitrogens with one attached hydrogen (secondary N) is 1. The zero-order valence-corrected chi connectivity index (χ0v) is 13.7. The van der Waals surface area contributed by atoms with Crippen LogP contribution in [-0.4, -0.2) is 16.0 Å². The van der Waals surface area contributed by atoms with Crippen molar-refractivity contribution in [1.29, 1.82) is 0 Å². The number of hydrogen-bond donors (Lipinski definition) is 3. The number of aliphatic hydroxyl groups excluding tert-OH is 1. The summed E-state index contributed by atoms with van der Waals surface area (Å²) in [6.07, 6.45) is 0.182. The van der Waals surface area contributed by atoms with Crippen molar-refractivity contribution in [1.82, 2.24) is 4.98 Å². The molecule has 1 aromatic heterocycles. The van der Waals surface area contributed by atoms with Crippen LogP contribution in [0.4, 0.5) is 4.39 Å². The molecule has 25 heavy (non-hydrogen) atoms. The molecule has 0 fully saturated rings. The molecule has 0 bridgehead atoms. The zero-order valence-electron chi connectivity index (χ0n) is 13.0. The molecule has 2 aromatic carbocycles. The Labute approximate surface area is 146 Å². The zero-order chi connectivity index (χ0) is 18.1. The van der Waals surface area contributed by atoms with E-state index in [4.69, 9.17) is 17.3 Å². The Morgan fingerprint density at radius 1 is 1.20 bits per heavy atom. The van der Waals surface area contributed by atoms with Gasteiger partial charge in [0.05, 0.1) is 12.1 Å². The van der Waals surface area contributed by atoms with Gasteiger partial charge in [-0.15, -0.1) is 0 Å². The Morgan fingerprint density at radius 2 is 1.88 bits per heavy atom. The van der Waals surface area contributed by atoms with Crippen LogP contribution in [0, 0.1) is 5.82 Å². The fourth-order valence-electron chi connectivity index (χ4n) is 2.74. The van der Waals surface area contributed by atoms with E-state index in [-0.39, 0.29) is 34.1 Å². The largest absolute Gasteiger partial charge is 0.392 e. The van der Waals surface area contributed by atoms with E-state index in [9.17, 15) is 19.1 Å². The first-order valence-electron chi connectivity index (χ1n) is 7.43. The van der Waals surface area contributed by atoms with E-state index in [2.05, 4.69) is 4.98 Å². The van der Waals surface area contributed by atoms with Gasteiger partial charge in [0, 0.05) is 22.5 Å². The van der Waals surface area contributed by atoms with Gasteiger partial charge in [-0.25, -0.2) is 4.39 Å². The summed E-state index contributed by atoms with van der Waals surface area (Å²) in [5, 5.41) is 9.70. The highest BCUT2D eigenvalue weighted by atomic mass is 35.5. The number of aliphatic hydroxyl groups is 1. The molecule has 1 heterocycles. The highest BCUT2D eigenvalue weighted by molar-refractivity contribution is 6.30. The third kappa shape index (κ3) is 3.26. The molecule has 0 atom stereocenters. The first kappa shape index (κ1) is 17.1. The number of carbonyl (C=O) groups is 1. The van der Waals surface area contributed by atoms with E-state index in [1.807, 2.05) is 0 Å². The van der Waals surface area contributed by atoms with Gasteiger partial charge in [-0.3, -0.25) is 9.59 Å². The molecule has 0 saturated carbocycles. The lowest BCUT2D eigenvalue weighted by Crippen LogP contribution is -2.26. The number of benzene rings is 2. The summed E-state index contributed by atoms with van der Waals surface area (Å²) in [5.41, 5.74) is 5.68. The van der Waals surface area contributed by atoms with Gasteiger partial charge in [0.25, 0.3) is 5.91 Å². The number of hydrogen-bond acceptors (Lipinski definition) is 3. The molecular weight excluding hydrogens is 347 g/mol. The van der Waals surface area contributed by atoms with Gasteiger partial charge in [-0.1, -0.05) is 23.7 Å². The molecule has 0 spiro atoms. The normalized spacial score (nSPS) is 11.0. The molecule has 0 radical (unpaired) electrons. The van der Waals surface area contributed by atoms with E-state index >= 15 is 0 Å². The standard InChI is InChI=1S/C18H14ClFN2O3/c19-11-3-1-9(2-4-11)7-14-15(18(21)25)17(24)12-5-10(8-23)6-13(20)16(12)22-14/h1-6,23H,7-8H2,(H2,21,25)(H,22,24). The number of aromatic amines is 1. The Morgan fingerprint density at radius 3 is 2.48 bits per heavy atom. The number of pyridine rings is 1. The average molecular weight is 361 g/mol. The minimum absolute atomic E-state index is 0.0299. The van der Waals surface area contributed by atoms with Crippen molar-refractivity contribution < 1.29 is 14.3 Å². The Bertz CT molecular complexity index is 1030. The van der Waals surface area contributed by atoms with Crippen molar-refractivity contribution in [2.75, 3.05) is 0 Å². The van der Waals surface area contributed by atoms with Crippen molar-refractivity contribution in [3.8, 4) is 0 Å². The fraction of sp³-hybridized carbons (Fsp3) is 0.111. The lowest BCUT2D eigenvalue weighted by Gasteiger charge is -2.11. The topological polar surface area (TPSA) is 96.2 Å². The summed E-state index contributed by atoms with van der Waals surface area (Å²) >= 11 is 5.85. The Kier molecular flexibility index (Phi) is 4.57. The van der Waals surface area contributed by atoms with Crippen molar-refractivity contribution in [3.63, 3.8) is 0 Å². The Balaban J connectivity index is 2.25. The van der Waals surface area contributed by atoms with E-state index in [1.54, 1.807) is 24.3 Å². The van der Waals surface area contributed by atoms with Crippen LogP contribution in [0.2, 0.25) is 5.02 Å². The van der Waals surface area contributed by atoms with Crippen molar-refractivity contribution in [2.24, 2.45) is 5.73 Å². The van der Waals surface area contributed by atoms with E-state index in [0.29, 0.717) is 5.02 Å². The van der Waals surface area contributed by atoms with Crippen LogP contribution in [0.5, 0.6) is 0 Å². The van der Waals surface area contributed by atoms with Crippen molar-refractivity contribution in [2.45, 2.75) is 13.0 Å². The number of fused-ring (bicyclic) bond motifs is 1. The molecule has 3 aromatic rings. The fourth-order valence-corrected chi connectivity index (χ4v) is 2.87. The van der Waals surface area contributed by atoms with Crippen LogP contribution in [-0.2, 0) is 13.0 Å². The predicted molar refractivity (Wildman–Crippen MR) is 93.2 cm³/mol. The van der Waals surface area contributed by atoms with Crippen LogP contribution in [0.1, 0.15) is 27.2 Å². The number of aromatic nitrogens is 1. The maximum absolute atomic E-state index is 14.3. The second-order valence-electron chi connectivity index (χ2n) is 5.63. The molecule has 7 heteroatoms. The van der Waals surface area contributed by atoms with Crippen molar-refractivity contribution >= 4 is 28.4 Å². The SMILES string of the molecule is NC(=O)c1c(Cc2ccc(Cl)cc2)[nH]c2c(F)cc(CO)cc2c1=O. The minimum atomic E-state index is -0.901. The lowest BCUT2D eigenvalue weighted by molar-refractivity contribution is 0.0998. The lowest BCUT2D eigenvalue weighted by atomic mass is 10.0. The molecule has 4 N–H and O–H groups in total. The smallest absolute Gasteiger partial charge is 0.254 e. The predicted octanol–water partition coefficient (Wildman–Crippen LogP) is 2.50. The van der Waals surface area contributed by atoms with Crippen LogP contribution in [0.15, 0.2) is 41.2 Å². The number of H-pyrrole nitrogens is 1. The van der Waals surface area contributed by atoms with Gasteiger partial charge in [0.2, 0.25) is 5.43 Å². The molecule has 5 nitrogen and oxygen atoms in total. The summed E-state index contributed by atoms with van der Waals surface area (Å²) < 4.78 is 14.3. The van der Waals surface area contributed by atoms with E-state index in [0.717, 1.165) is 11.6 Å². The Hall–Kier alpha value is -2.70. The van der Waals surface area contributed by atoms with Gasteiger partial charge in [0.1, 0.15) is 11.4 Å². The molecule has 0 unspecified atom stereocenters. The maximum atomic E-state index is 14.3. The second-order valence-corrected chi connectivity index (χ2v) is 6.07. The highest BCUT2D eigenvalue weighted by Gasteiger charge is 2.19. The van der Waals surface area contributed by atoms with Crippen LogP contribution in [0.25, 0.3) is 10.9 Å². The molecule has 1 amide bonds. The van der Waals surface area contributed by atoms with Gasteiger partial charge >= 0.3 is 0 Å². The molecule has 0 saturated heterocycles. The third-order valence-electron chi connectivity index (χ3n) is 3.92. The first-order chi connectivity index (χ1) is 11.9. The molecule has 0 aliphatic carbocycles. The van der Waals surface area contributed by atoms with Gasteiger partial charge in [-0.2, -0.15) is 0 Å². The number of amides is 1. The quantitative estimate of drug-likeness (QED) is 0.667. The third-order valence-corrected chi connectivity index (χ3v) is 4.17. The monoisotopic (exact) mass is 360 g/mol. The summed E-state index contributed by atoms with van der Waals surface area (Å²) in [6.45, 7) is -0.426. The molecular formula is C18H14ClFN2O3. The molecule has 0 aliphatic rings. The summed E-state index contributed by atoms with van der Waals surface area (Å²) in [4.78, 5) is 27.3. The second kappa shape index (κ2) is 6.66. The van der Waals surface area contributed by atoms with Crippen molar-refractivity contribution in [3.05, 3.63) is 79.8 Å². The van der Waals surface area contributed by atoms with Gasteiger partial charge in [-0.05, 0) is 35.4 Å². The average Bonchev–Trinajstić information content (AvgIpc) is 2.57. The number of halogens is 2. The van der Waals surface area contributed by atoms with E-state index in [1.165, 1.54) is 6.07 Å². The van der Waals surface area contributed by atoms with E-state index < -0.39 is 23.8 Å². The maximum Gasteiger partial charge on any atom is 0.254 e. The number of primary amides is 1. The first-order valence-corrected chi connectivity index (χ1v) is 7.81. The van der Waals surface area contributed by atoms with Crippen LogP contribution < -0.4 is 11.2 Å². The van der Waals surface area contributed by atoms with Crippen LogP contribution in [0.3, 0.4) is 0 Å². The van der Waals surface area contributed by atoms with Crippen LogP contribution >= 0.6 is 11.6 Å². The van der Waals surface area contributed by atoms with Gasteiger partial charge < -0.3 is 15.8 Å². The minimum Gasteiger partial charge on any atom is -0.392 e. The van der Waals surface area contributed by atoms with Gasteiger partial charge in [0.15, 0.2) is 0 Å². The number of nitrogens with two attached hydrogens (primary N) is 1. The highest BCUT2D eigenvalue weighted by Crippen LogP contribution is 2.20. The molecule has 128 valence electrons. The molecule has 3 rings (SSSR count). The number of carbonyl (C=O) groups excluding carboxylic acids is 1. The summed E-state index contributed by atoms with van der Waals surface area (Å²) in [6, 6.07) is 9.30. The molecule has 0 aliphatic heterocycles.